The van der Waals surface area contributed by atoms with Gasteiger partial charge in [-0.05, 0) is 56.0 Å². The van der Waals surface area contributed by atoms with Crippen LogP contribution in [0.5, 0.6) is 0 Å². The van der Waals surface area contributed by atoms with E-state index in [1.807, 2.05) is 11.8 Å². The van der Waals surface area contributed by atoms with Crippen LogP contribution in [0.4, 0.5) is 0 Å². The Balaban J connectivity index is 2.42. The molecule has 0 heterocycles. The molecule has 0 aliphatic rings. The van der Waals surface area contributed by atoms with E-state index in [4.69, 9.17) is 0 Å². The highest BCUT2D eigenvalue weighted by atomic mass is 32.2. The van der Waals surface area contributed by atoms with Crippen LogP contribution in [-0.2, 0) is 0 Å². The molecular weight excluding hydrogens is 224 g/mol. The number of hydrogen-bond donors (Lipinski definition) is 0. The molecule has 0 radical (unpaired) electrons. The van der Waals surface area contributed by atoms with Crippen LogP contribution in [-0.4, -0.2) is 0 Å². The first-order valence-electron chi connectivity index (χ1n) is 5.90. The largest absolute Gasteiger partial charge is 0.0893 e. The third-order valence-corrected chi connectivity index (χ3v) is 4.69. The van der Waals surface area contributed by atoms with Gasteiger partial charge >= 0.3 is 0 Å². The highest BCUT2D eigenvalue weighted by Crippen LogP contribution is 2.35. The minimum absolute atomic E-state index is 1.36. The molecule has 2 aromatic rings. The lowest BCUT2D eigenvalue weighted by Gasteiger charge is -2.12. The minimum atomic E-state index is 1.36. The van der Waals surface area contributed by atoms with Gasteiger partial charge in [0, 0.05) is 9.79 Å². The van der Waals surface area contributed by atoms with Gasteiger partial charge in [0.25, 0.3) is 0 Å². The van der Waals surface area contributed by atoms with Crippen molar-refractivity contribution in [2.75, 3.05) is 0 Å². The molecule has 0 saturated carbocycles. The zero-order valence-electron chi connectivity index (χ0n) is 10.9. The Kier molecular flexibility index (Phi) is 3.58. The summed E-state index contributed by atoms with van der Waals surface area (Å²) in [5, 5.41) is 0. The van der Waals surface area contributed by atoms with E-state index >= 15 is 0 Å². The molecule has 0 fully saturated rings. The van der Waals surface area contributed by atoms with Gasteiger partial charge in [0.2, 0.25) is 0 Å². The van der Waals surface area contributed by atoms with Crippen LogP contribution in [0, 0.1) is 27.7 Å². The number of hydrogen-bond acceptors (Lipinski definition) is 1. The first kappa shape index (κ1) is 12.3. The van der Waals surface area contributed by atoms with Gasteiger partial charge < -0.3 is 0 Å². The van der Waals surface area contributed by atoms with Crippen molar-refractivity contribution in [2.24, 2.45) is 0 Å². The molecular formula is C16H18S. The van der Waals surface area contributed by atoms with Gasteiger partial charge in [-0.25, -0.2) is 0 Å². The van der Waals surface area contributed by atoms with Crippen LogP contribution in [0.1, 0.15) is 22.3 Å². The van der Waals surface area contributed by atoms with Crippen molar-refractivity contribution < 1.29 is 0 Å². The third kappa shape index (κ3) is 2.55. The van der Waals surface area contributed by atoms with Crippen LogP contribution in [0.25, 0.3) is 0 Å². The quantitative estimate of drug-likeness (QED) is 0.708. The molecule has 17 heavy (non-hydrogen) atoms. The van der Waals surface area contributed by atoms with Crippen molar-refractivity contribution in [1.29, 1.82) is 0 Å². The average Bonchev–Trinajstić information content (AvgIpc) is 2.29. The van der Waals surface area contributed by atoms with Crippen molar-refractivity contribution in [2.45, 2.75) is 37.5 Å². The molecule has 0 bridgehead atoms. The van der Waals surface area contributed by atoms with Gasteiger partial charge in [0.1, 0.15) is 0 Å². The topological polar surface area (TPSA) is 0 Å². The van der Waals surface area contributed by atoms with Crippen molar-refractivity contribution in [1.82, 2.24) is 0 Å². The molecule has 1 heteroatoms. The van der Waals surface area contributed by atoms with Crippen LogP contribution >= 0.6 is 11.8 Å². The van der Waals surface area contributed by atoms with Gasteiger partial charge in [0.15, 0.2) is 0 Å². The highest BCUT2D eigenvalue weighted by molar-refractivity contribution is 7.99. The van der Waals surface area contributed by atoms with E-state index in [2.05, 4.69) is 64.1 Å². The van der Waals surface area contributed by atoms with Crippen molar-refractivity contribution >= 4 is 11.8 Å². The lowest BCUT2D eigenvalue weighted by Crippen LogP contribution is -1.88. The van der Waals surface area contributed by atoms with Gasteiger partial charge in [0.05, 0.1) is 0 Å². The first-order valence-corrected chi connectivity index (χ1v) is 6.71. The maximum Gasteiger partial charge on any atom is 0.0180 e. The molecule has 0 spiro atoms. The summed E-state index contributed by atoms with van der Waals surface area (Å²) < 4.78 is 0. The number of rotatable bonds is 2. The van der Waals surface area contributed by atoms with Gasteiger partial charge in [-0.15, -0.1) is 0 Å². The van der Waals surface area contributed by atoms with E-state index in [1.165, 1.54) is 32.0 Å². The predicted molar refractivity (Wildman–Crippen MR) is 76.0 cm³/mol. The second kappa shape index (κ2) is 4.97. The van der Waals surface area contributed by atoms with E-state index in [-0.39, 0.29) is 0 Å². The smallest absolute Gasteiger partial charge is 0.0180 e. The molecule has 0 aliphatic heterocycles. The van der Waals surface area contributed by atoms with E-state index in [0.717, 1.165) is 0 Å². The number of aryl methyl sites for hydroxylation is 3. The zero-order valence-corrected chi connectivity index (χ0v) is 11.7. The van der Waals surface area contributed by atoms with Gasteiger partial charge in [-0.2, -0.15) is 0 Å². The van der Waals surface area contributed by atoms with Crippen molar-refractivity contribution in [3.63, 3.8) is 0 Å². The molecule has 0 aliphatic carbocycles. The second-order valence-corrected chi connectivity index (χ2v) is 5.57. The molecule has 0 saturated heterocycles. The zero-order chi connectivity index (χ0) is 12.4. The number of benzene rings is 2. The van der Waals surface area contributed by atoms with Crippen LogP contribution in [0.2, 0.25) is 0 Å². The molecule has 0 atom stereocenters. The SMILES string of the molecule is Cc1cccc(Sc2c(C)cccc2C)c1C. The summed E-state index contributed by atoms with van der Waals surface area (Å²) in [6, 6.07) is 13.0. The fraction of sp³-hybridized carbons (Fsp3) is 0.250. The molecule has 2 aromatic carbocycles. The molecule has 0 unspecified atom stereocenters. The summed E-state index contributed by atoms with van der Waals surface area (Å²) in [5.74, 6) is 0. The van der Waals surface area contributed by atoms with Crippen molar-refractivity contribution in [3.8, 4) is 0 Å². The standard InChI is InChI=1S/C16H18S/c1-11-7-6-10-15(14(11)4)17-16-12(2)8-5-9-13(16)3/h5-10H,1-4H3. The fourth-order valence-electron chi connectivity index (χ4n) is 1.90. The Labute approximate surface area is 108 Å². The van der Waals surface area contributed by atoms with E-state index < -0.39 is 0 Å². The highest BCUT2D eigenvalue weighted by Gasteiger charge is 2.07. The molecule has 0 amide bonds. The first-order chi connectivity index (χ1) is 8.09. The lowest BCUT2D eigenvalue weighted by atomic mass is 10.1. The monoisotopic (exact) mass is 242 g/mol. The fourth-order valence-corrected chi connectivity index (χ4v) is 3.04. The Morgan fingerprint density at radius 2 is 1.24 bits per heavy atom. The molecule has 0 nitrogen and oxygen atoms in total. The van der Waals surface area contributed by atoms with E-state index in [0.29, 0.717) is 0 Å². The Morgan fingerprint density at radius 3 is 1.88 bits per heavy atom. The van der Waals surface area contributed by atoms with Crippen LogP contribution in [0.3, 0.4) is 0 Å². The second-order valence-electron chi connectivity index (χ2n) is 4.52. The van der Waals surface area contributed by atoms with Crippen LogP contribution in [0.15, 0.2) is 46.2 Å². The summed E-state index contributed by atoms with van der Waals surface area (Å²) in [5.41, 5.74) is 5.47. The Morgan fingerprint density at radius 1 is 0.706 bits per heavy atom. The summed E-state index contributed by atoms with van der Waals surface area (Å²) in [6.07, 6.45) is 0. The van der Waals surface area contributed by atoms with Crippen LogP contribution < -0.4 is 0 Å². The summed E-state index contributed by atoms with van der Waals surface area (Å²) in [6.45, 7) is 8.73. The predicted octanol–water partition coefficient (Wildman–Crippen LogP) is 5.07. The third-order valence-electron chi connectivity index (χ3n) is 3.18. The molecule has 88 valence electrons. The molecule has 2 rings (SSSR count). The Bertz CT molecular complexity index is 521. The molecule has 0 N–H and O–H groups in total. The molecule has 0 aromatic heterocycles. The normalized spacial score (nSPS) is 10.6. The maximum absolute atomic E-state index is 2.21. The van der Waals surface area contributed by atoms with E-state index in [9.17, 15) is 0 Å². The summed E-state index contributed by atoms with van der Waals surface area (Å²) in [7, 11) is 0. The minimum Gasteiger partial charge on any atom is -0.0893 e. The summed E-state index contributed by atoms with van der Waals surface area (Å²) in [4.78, 5) is 2.75. The van der Waals surface area contributed by atoms with Gasteiger partial charge in [-0.3, -0.25) is 0 Å². The average molecular weight is 242 g/mol. The van der Waals surface area contributed by atoms with E-state index in [1.54, 1.807) is 0 Å². The van der Waals surface area contributed by atoms with Gasteiger partial charge in [-0.1, -0.05) is 42.1 Å². The lowest BCUT2D eigenvalue weighted by molar-refractivity contribution is 1.19. The van der Waals surface area contributed by atoms with Crippen molar-refractivity contribution in [3.05, 3.63) is 58.7 Å². The Hall–Kier alpha value is -1.21. The summed E-state index contributed by atoms with van der Waals surface area (Å²) >= 11 is 1.88. The maximum atomic E-state index is 2.21.